The van der Waals surface area contributed by atoms with E-state index in [0.717, 1.165) is 0 Å². The van der Waals surface area contributed by atoms with Gasteiger partial charge in [-0.3, -0.25) is 9.59 Å². The molecule has 0 aromatic heterocycles. The minimum absolute atomic E-state index is 0.0755. The molecule has 1 aliphatic rings. The van der Waals surface area contributed by atoms with Gasteiger partial charge in [0.1, 0.15) is 0 Å². The third-order valence-electron chi connectivity index (χ3n) is 3.29. The molecule has 1 aromatic rings. The minimum Gasteiger partial charge on any atom is -0.381 e. The summed E-state index contributed by atoms with van der Waals surface area (Å²) in [4.78, 5) is 23.6. The zero-order valence-corrected chi connectivity index (χ0v) is 11.6. The third kappa shape index (κ3) is 4.58. The molecule has 2 rings (SSSR count). The predicted molar refractivity (Wildman–Crippen MR) is 76.3 cm³/mol. The lowest BCUT2D eigenvalue weighted by atomic mass is 9.99. The van der Waals surface area contributed by atoms with Crippen molar-refractivity contribution in [2.24, 2.45) is 5.92 Å². The van der Waals surface area contributed by atoms with Crippen molar-refractivity contribution in [1.82, 2.24) is 5.32 Å². The molecule has 110 valence electrons. The van der Waals surface area contributed by atoms with Gasteiger partial charge in [-0.1, -0.05) is 6.07 Å². The maximum atomic E-state index is 11.9. The van der Waals surface area contributed by atoms with Crippen molar-refractivity contribution in [3.63, 3.8) is 0 Å². The molecule has 0 bridgehead atoms. The van der Waals surface area contributed by atoms with Crippen LogP contribution in [0.4, 0.5) is 5.69 Å². The van der Waals surface area contributed by atoms with Crippen molar-refractivity contribution in [2.75, 3.05) is 25.1 Å². The van der Waals surface area contributed by atoms with Crippen LogP contribution in [0.3, 0.4) is 0 Å². The summed E-state index contributed by atoms with van der Waals surface area (Å²) >= 11 is 0. The number of nitrogens with one attached hydrogen (secondary N) is 2. The second-order valence-electron chi connectivity index (χ2n) is 4.85. The maximum absolute atomic E-state index is 11.9. The molecule has 0 spiro atoms. The molecule has 1 aromatic carbocycles. The number of nitrogens with zero attached hydrogens (tertiary/aromatic N) is 1. The van der Waals surface area contributed by atoms with Gasteiger partial charge in [0.15, 0.2) is 0 Å². The molecular weight excluding hydrogens is 270 g/mol. The smallest absolute Gasteiger partial charge is 0.243 e. The number of rotatable bonds is 4. The van der Waals surface area contributed by atoms with Gasteiger partial charge in [0.25, 0.3) is 0 Å². The van der Waals surface area contributed by atoms with E-state index in [0.29, 0.717) is 37.3 Å². The van der Waals surface area contributed by atoms with Gasteiger partial charge >= 0.3 is 0 Å². The molecule has 2 amide bonds. The minimum atomic E-state index is -0.314. The average molecular weight is 287 g/mol. The molecular formula is C15H17N3O3. The van der Waals surface area contributed by atoms with Crippen molar-refractivity contribution in [3.8, 4) is 6.07 Å². The van der Waals surface area contributed by atoms with Gasteiger partial charge in [-0.15, -0.1) is 0 Å². The second-order valence-corrected chi connectivity index (χ2v) is 4.85. The average Bonchev–Trinajstić information content (AvgIpc) is 2.53. The van der Waals surface area contributed by atoms with Crippen molar-refractivity contribution >= 4 is 17.5 Å². The molecule has 6 heteroatoms. The number of ether oxygens (including phenoxy) is 1. The molecule has 6 nitrogen and oxygen atoms in total. The van der Waals surface area contributed by atoms with Crippen LogP contribution >= 0.6 is 0 Å². The van der Waals surface area contributed by atoms with Gasteiger partial charge < -0.3 is 15.4 Å². The van der Waals surface area contributed by atoms with Crippen LogP contribution in [0.15, 0.2) is 24.3 Å². The first-order valence-electron chi connectivity index (χ1n) is 6.84. The lowest BCUT2D eigenvalue weighted by Gasteiger charge is -2.21. The molecule has 21 heavy (non-hydrogen) atoms. The van der Waals surface area contributed by atoms with Crippen molar-refractivity contribution in [1.29, 1.82) is 5.26 Å². The number of carbonyl (C=O) groups excluding carboxylic acids is 2. The Labute approximate surface area is 123 Å². The summed E-state index contributed by atoms with van der Waals surface area (Å²) in [6.45, 7) is 1.10. The van der Waals surface area contributed by atoms with E-state index < -0.39 is 0 Å². The van der Waals surface area contributed by atoms with Crippen molar-refractivity contribution in [2.45, 2.75) is 12.8 Å². The Balaban J connectivity index is 1.79. The fourth-order valence-corrected chi connectivity index (χ4v) is 2.14. The fourth-order valence-electron chi connectivity index (χ4n) is 2.14. The monoisotopic (exact) mass is 287 g/mol. The number of amides is 2. The quantitative estimate of drug-likeness (QED) is 0.865. The van der Waals surface area contributed by atoms with E-state index >= 15 is 0 Å². The van der Waals surface area contributed by atoms with Crippen LogP contribution in [-0.2, 0) is 14.3 Å². The van der Waals surface area contributed by atoms with Gasteiger partial charge in [0.2, 0.25) is 11.8 Å². The Morgan fingerprint density at radius 2 is 2.10 bits per heavy atom. The van der Waals surface area contributed by atoms with Crippen LogP contribution in [0.5, 0.6) is 0 Å². The van der Waals surface area contributed by atoms with Crippen LogP contribution in [0, 0.1) is 17.2 Å². The van der Waals surface area contributed by atoms with E-state index in [9.17, 15) is 9.59 Å². The number of carbonyl (C=O) groups is 2. The maximum Gasteiger partial charge on any atom is 0.243 e. The second kappa shape index (κ2) is 7.41. The third-order valence-corrected chi connectivity index (χ3v) is 3.29. The first kappa shape index (κ1) is 15.0. The van der Waals surface area contributed by atoms with Crippen molar-refractivity contribution < 1.29 is 14.3 Å². The summed E-state index contributed by atoms with van der Waals surface area (Å²) in [5, 5.41) is 14.1. The molecule has 0 aliphatic carbocycles. The Morgan fingerprint density at radius 1 is 1.33 bits per heavy atom. The molecule has 1 saturated heterocycles. The number of anilines is 1. The Morgan fingerprint density at radius 3 is 2.81 bits per heavy atom. The summed E-state index contributed by atoms with van der Waals surface area (Å²) in [7, 11) is 0. The van der Waals surface area contributed by atoms with Crippen molar-refractivity contribution in [3.05, 3.63) is 29.8 Å². The fraction of sp³-hybridized carbons (Fsp3) is 0.400. The van der Waals surface area contributed by atoms with Crippen LogP contribution in [-0.4, -0.2) is 31.6 Å². The van der Waals surface area contributed by atoms with Crippen LogP contribution in [0.1, 0.15) is 18.4 Å². The number of hydrogen-bond acceptors (Lipinski definition) is 4. The number of hydrogen-bond donors (Lipinski definition) is 2. The first-order valence-corrected chi connectivity index (χ1v) is 6.84. The highest BCUT2D eigenvalue weighted by Gasteiger charge is 2.21. The SMILES string of the molecule is N#Cc1cccc(NC(=O)CNC(=O)C2CCOCC2)c1. The van der Waals surface area contributed by atoms with Gasteiger partial charge in [-0.25, -0.2) is 0 Å². The molecule has 0 unspecified atom stereocenters. The zero-order valence-electron chi connectivity index (χ0n) is 11.6. The van der Waals surface area contributed by atoms with Gasteiger partial charge in [0.05, 0.1) is 18.2 Å². The molecule has 0 radical (unpaired) electrons. The summed E-state index contributed by atoms with van der Waals surface area (Å²) in [6.07, 6.45) is 1.38. The topological polar surface area (TPSA) is 91.2 Å². The number of nitriles is 1. The van der Waals surface area contributed by atoms with Gasteiger partial charge in [-0.2, -0.15) is 5.26 Å². The van der Waals surface area contributed by atoms with E-state index in [1.165, 1.54) is 0 Å². The summed E-state index contributed by atoms with van der Waals surface area (Å²) in [6, 6.07) is 8.62. The standard InChI is InChI=1S/C15H17N3O3/c16-9-11-2-1-3-13(8-11)18-14(19)10-17-15(20)12-4-6-21-7-5-12/h1-3,8,12H,4-7,10H2,(H,17,20)(H,18,19). The highest BCUT2D eigenvalue weighted by molar-refractivity contribution is 5.94. The molecule has 1 aliphatic heterocycles. The number of benzene rings is 1. The van der Waals surface area contributed by atoms with E-state index in [4.69, 9.17) is 10.00 Å². The molecule has 0 saturated carbocycles. The molecule has 2 N–H and O–H groups in total. The largest absolute Gasteiger partial charge is 0.381 e. The lowest BCUT2D eigenvalue weighted by molar-refractivity contribution is -0.129. The lowest BCUT2D eigenvalue weighted by Crippen LogP contribution is -2.38. The summed E-state index contributed by atoms with van der Waals surface area (Å²) < 4.78 is 5.19. The highest BCUT2D eigenvalue weighted by atomic mass is 16.5. The van der Waals surface area contributed by atoms with Gasteiger partial charge in [-0.05, 0) is 31.0 Å². The first-order chi connectivity index (χ1) is 10.2. The van der Waals surface area contributed by atoms with E-state index in [1.54, 1.807) is 24.3 Å². The van der Waals surface area contributed by atoms with E-state index in [2.05, 4.69) is 10.6 Å². The predicted octanol–water partition coefficient (Wildman–Crippen LogP) is 1.04. The van der Waals surface area contributed by atoms with Crippen LogP contribution < -0.4 is 10.6 Å². The summed E-state index contributed by atoms with van der Waals surface area (Å²) in [5.41, 5.74) is 1.01. The van der Waals surface area contributed by atoms with E-state index in [1.807, 2.05) is 6.07 Å². The Kier molecular flexibility index (Phi) is 5.29. The molecule has 1 fully saturated rings. The zero-order chi connectivity index (χ0) is 15.1. The summed E-state index contributed by atoms with van der Waals surface area (Å²) in [5.74, 6) is -0.502. The molecule has 1 heterocycles. The van der Waals surface area contributed by atoms with E-state index in [-0.39, 0.29) is 24.3 Å². The normalized spacial score (nSPS) is 15.0. The highest BCUT2D eigenvalue weighted by Crippen LogP contribution is 2.14. The van der Waals surface area contributed by atoms with Crippen LogP contribution in [0.2, 0.25) is 0 Å². The molecule has 0 atom stereocenters. The van der Waals surface area contributed by atoms with Gasteiger partial charge in [0, 0.05) is 24.8 Å². The Bertz CT molecular complexity index is 560. The Hall–Kier alpha value is -2.39. The van der Waals surface area contributed by atoms with Crippen LogP contribution in [0.25, 0.3) is 0 Å².